The van der Waals surface area contributed by atoms with E-state index < -0.39 is 0 Å². The van der Waals surface area contributed by atoms with Crippen molar-refractivity contribution in [1.82, 2.24) is 0 Å². The van der Waals surface area contributed by atoms with Crippen molar-refractivity contribution in [3.63, 3.8) is 0 Å². The number of rotatable bonds is 7. The summed E-state index contributed by atoms with van der Waals surface area (Å²) in [5.41, 5.74) is 1.81. The molecule has 1 aliphatic rings. The number of ether oxygens (including phenoxy) is 3. The molecule has 2 aromatic carbocycles. The number of methoxy groups -OCH3 is 1. The molecule has 0 saturated heterocycles. The van der Waals surface area contributed by atoms with Gasteiger partial charge in [0.1, 0.15) is 5.75 Å². The molecule has 5 heteroatoms. The van der Waals surface area contributed by atoms with Crippen LogP contribution in [0, 0.1) is 6.92 Å². The highest BCUT2D eigenvalue weighted by molar-refractivity contribution is 5.92. The molecule has 0 unspecified atom stereocenters. The average molecular weight is 355 g/mol. The Hall–Kier alpha value is -2.69. The Morgan fingerprint density at radius 2 is 1.81 bits per heavy atom. The van der Waals surface area contributed by atoms with Gasteiger partial charge < -0.3 is 19.5 Å². The molecule has 3 rings (SSSR count). The second kappa shape index (κ2) is 8.61. The van der Waals surface area contributed by atoms with Gasteiger partial charge in [0, 0.05) is 11.8 Å². The predicted octanol–water partition coefficient (Wildman–Crippen LogP) is 4.34. The Labute approximate surface area is 154 Å². The molecule has 2 aromatic rings. The summed E-state index contributed by atoms with van der Waals surface area (Å²) in [4.78, 5) is 12.2. The first kappa shape index (κ1) is 18.1. The molecule has 0 aliphatic heterocycles. The van der Waals surface area contributed by atoms with E-state index in [1.807, 2.05) is 31.2 Å². The fourth-order valence-corrected chi connectivity index (χ4v) is 3.01. The van der Waals surface area contributed by atoms with E-state index in [1.54, 1.807) is 25.3 Å². The van der Waals surface area contributed by atoms with Crippen molar-refractivity contribution in [2.45, 2.75) is 38.7 Å². The minimum Gasteiger partial charge on any atom is -0.493 e. The fourth-order valence-electron chi connectivity index (χ4n) is 3.01. The first-order valence-electron chi connectivity index (χ1n) is 8.98. The molecule has 1 amide bonds. The van der Waals surface area contributed by atoms with Gasteiger partial charge in [-0.1, -0.05) is 17.7 Å². The van der Waals surface area contributed by atoms with Gasteiger partial charge in [-0.3, -0.25) is 4.79 Å². The van der Waals surface area contributed by atoms with Crippen molar-refractivity contribution in [3.05, 3.63) is 48.0 Å². The summed E-state index contributed by atoms with van der Waals surface area (Å²) in [6.45, 7) is 1.96. The summed E-state index contributed by atoms with van der Waals surface area (Å²) in [6, 6.07) is 13.0. The molecule has 26 heavy (non-hydrogen) atoms. The summed E-state index contributed by atoms with van der Waals surface area (Å²) in [6.07, 6.45) is 4.73. The molecule has 0 radical (unpaired) electrons. The van der Waals surface area contributed by atoms with Crippen LogP contribution in [0.5, 0.6) is 17.2 Å². The van der Waals surface area contributed by atoms with Gasteiger partial charge in [-0.15, -0.1) is 0 Å². The first-order valence-corrected chi connectivity index (χ1v) is 8.98. The highest BCUT2D eigenvalue weighted by Gasteiger charge is 2.19. The maximum Gasteiger partial charge on any atom is 0.262 e. The van der Waals surface area contributed by atoms with Crippen LogP contribution in [0.3, 0.4) is 0 Å². The molecule has 0 atom stereocenters. The SMILES string of the molecule is COc1ccc(NC(=O)COc2ccc(C)cc2)cc1OC1CCCC1. The zero-order chi connectivity index (χ0) is 18.4. The van der Waals surface area contributed by atoms with Crippen LogP contribution in [-0.4, -0.2) is 25.7 Å². The Kier molecular flexibility index (Phi) is 6.00. The van der Waals surface area contributed by atoms with E-state index in [0.717, 1.165) is 18.4 Å². The molecule has 1 N–H and O–H groups in total. The second-order valence-corrected chi connectivity index (χ2v) is 6.54. The van der Waals surface area contributed by atoms with E-state index in [1.165, 1.54) is 12.8 Å². The Morgan fingerprint density at radius 1 is 1.08 bits per heavy atom. The molecule has 0 bridgehead atoms. The Balaban J connectivity index is 1.59. The van der Waals surface area contributed by atoms with E-state index in [2.05, 4.69) is 5.32 Å². The largest absolute Gasteiger partial charge is 0.493 e. The molecular weight excluding hydrogens is 330 g/mol. The normalized spacial score (nSPS) is 14.1. The van der Waals surface area contributed by atoms with Crippen molar-refractivity contribution in [3.8, 4) is 17.2 Å². The summed E-state index contributed by atoms with van der Waals surface area (Å²) in [7, 11) is 1.62. The lowest BCUT2D eigenvalue weighted by Gasteiger charge is -2.17. The number of hydrogen-bond donors (Lipinski definition) is 1. The number of carbonyl (C=O) groups is 1. The zero-order valence-corrected chi connectivity index (χ0v) is 15.3. The Bertz CT molecular complexity index is 736. The molecule has 0 spiro atoms. The summed E-state index contributed by atoms with van der Waals surface area (Å²) in [5.74, 6) is 1.79. The van der Waals surface area contributed by atoms with Gasteiger partial charge in [0.25, 0.3) is 5.91 Å². The molecular formula is C21H25NO4. The number of nitrogens with one attached hydrogen (secondary N) is 1. The van der Waals surface area contributed by atoms with Crippen LogP contribution in [0.25, 0.3) is 0 Å². The summed E-state index contributed by atoms with van der Waals surface area (Å²) >= 11 is 0. The third kappa shape index (κ3) is 4.91. The highest BCUT2D eigenvalue weighted by Crippen LogP contribution is 2.33. The monoisotopic (exact) mass is 355 g/mol. The third-order valence-corrected chi connectivity index (χ3v) is 4.43. The molecule has 1 aliphatic carbocycles. The molecule has 1 fully saturated rings. The van der Waals surface area contributed by atoms with Crippen LogP contribution in [-0.2, 0) is 4.79 Å². The van der Waals surface area contributed by atoms with Gasteiger partial charge in [-0.05, 0) is 56.9 Å². The van der Waals surface area contributed by atoms with Crippen molar-refractivity contribution in [2.24, 2.45) is 0 Å². The fraction of sp³-hybridized carbons (Fsp3) is 0.381. The molecule has 5 nitrogen and oxygen atoms in total. The summed E-state index contributed by atoms with van der Waals surface area (Å²) < 4.78 is 16.9. The van der Waals surface area contributed by atoms with Crippen molar-refractivity contribution < 1.29 is 19.0 Å². The van der Waals surface area contributed by atoms with Crippen molar-refractivity contribution in [1.29, 1.82) is 0 Å². The van der Waals surface area contributed by atoms with Gasteiger partial charge in [0.05, 0.1) is 13.2 Å². The quantitative estimate of drug-likeness (QED) is 0.802. The third-order valence-electron chi connectivity index (χ3n) is 4.43. The van der Waals surface area contributed by atoms with E-state index in [9.17, 15) is 4.79 Å². The number of benzene rings is 2. The number of aryl methyl sites for hydroxylation is 1. The van der Waals surface area contributed by atoms with E-state index >= 15 is 0 Å². The lowest BCUT2D eigenvalue weighted by atomic mass is 10.2. The maximum atomic E-state index is 12.2. The number of anilines is 1. The average Bonchev–Trinajstić information content (AvgIpc) is 3.15. The van der Waals surface area contributed by atoms with E-state index in [0.29, 0.717) is 22.9 Å². The van der Waals surface area contributed by atoms with Crippen LogP contribution in [0.1, 0.15) is 31.2 Å². The lowest BCUT2D eigenvalue weighted by molar-refractivity contribution is -0.118. The minimum absolute atomic E-state index is 0.0477. The molecule has 1 saturated carbocycles. The molecule has 138 valence electrons. The smallest absolute Gasteiger partial charge is 0.262 e. The second-order valence-electron chi connectivity index (χ2n) is 6.54. The minimum atomic E-state index is -0.220. The molecule has 0 aromatic heterocycles. The van der Waals surface area contributed by atoms with Gasteiger partial charge in [-0.2, -0.15) is 0 Å². The first-order chi connectivity index (χ1) is 12.6. The Morgan fingerprint density at radius 3 is 2.50 bits per heavy atom. The zero-order valence-electron chi connectivity index (χ0n) is 15.3. The highest BCUT2D eigenvalue weighted by atomic mass is 16.5. The van der Waals surface area contributed by atoms with Crippen LogP contribution >= 0.6 is 0 Å². The van der Waals surface area contributed by atoms with Gasteiger partial charge >= 0.3 is 0 Å². The van der Waals surface area contributed by atoms with E-state index in [-0.39, 0.29) is 18.6 Å². The maximum absolute atomic E-state index is 12.2. The van der Waals surface area contributed by atoms with E-state index in [4.69, 9.17) is 14.2 Å². The van der Waals surface area contributed by atoms with Gasteiger partial charge in [-0.25, -0.2) is 0 Å². The molecule has 0 heterocycles. The van der Waals surface area contributed by atoms with Crippen LogP contribution in [0.2, 0.25) is 0 Å². The number of carbonyl (C=O) groups excluding carboxylic acids is 1. The lowest BCUT2D eigenvalue weighted by Crippen LogP contribution is -2.20. The van der Waals surface area contributed by atoms with Crippen molar-refractivity contribution >= 4 is 11.6 Å². The number of hydrogen-bond acceptors (Lipinski definition) is 4. The summed E-state index contributed by atoms with van der Waals surface area (Å²) in [5, 5.41) is 2.84. The topological polar surface area (TPSA) is 56.8 Å². The number of amides is 1. The van der Waals surface area contributed by atoms with Crippen LogP contribution < -0.4 is 19.5 Å². The predicted molar refractivity (Wildman–Crippen MR) is 101 cm³/mol. The van der Waals surface area contributed by atoms with Crippen LogP contribution in [0.4, 0.5) is 5.69 Å². The van der Waals surface area contributed by atoms with Gasteiger partial charge in [0.2, 0.25) is 0 Å². The standard InChI is InChI=1S/C21H25NO4/c1-15-7-10-17(11-8-15)25-14-21(23)22-16-9-12-19(24-2)20(13-16)26-18-5-3-4-6-18/h7-13,18H,3-6,14H2,1-2H3,(H,22,23). The van der Waals surface area contributed by atoms with Crippen LogP contribution in [0.15, 0.2) is 42.5 Å². The van der Waals surface area contributed by atoms with Crippen molar-refractivity contribution in [2.75, 3.05) is 19.0 Å². The van der Waals surface area contributed by atoms with Gasteiger partial charge in [0.15, 0.2) is 18.1 Å².